The van der Waals surface area contributed by atoms with E-state index < -0.39 is 18.2 Å². The van der Waals surface area contributed by atoms with Gasteiger partial charge in [-0.3, -0.25) is 4.79 Å². The highest BCUT2D eigenvalue weighted by atomic mass is 16.3. The number of carbonyl (C=O) groups excluding carboxylic acids is 1. The highest BCUT2D eigenvalue weighted by molar-refractivity contribution is 5.76. The average Bonchev–Trinajstić information content (AvgIpc) is 3.10. The van der Waals surface area contributed by atoms with Crippen molar-refractivity contribution in [1.82, 2.24) is 5.32 Å². The highest BCUT2D eigenvalue weighted by Crippen LogP contribution is 2.14. The number of hydrogen-bond donors (Lipinski definition) is 4. The zero-order chi connectivity index (χ0) is 35.9. The van der Waals surface area contributed by atoms with Gasteiger partial charge in [0.25, 0.3) is 0 Å². The lowest BCUT2D eigenvalue weighted by Gasteiger charge is -2.26. The maximum absolute atomic E-state index is 12.4. The Bertz CT molecular complexity index is 764. The van der Waals surface area contributed by atoms with E-state index in [0.717, 1.165) is 51.4 Å². The van der Waals surface area contributed by atoms with Gasteiger partial charge in [-0.25, -0.2) is 0 Å². The number of aliphatic hydroxyl groups is 3. The summed E-state index contributed by atoms with van der Waals surface area (Å²) in [6.45, 7) is 4.14. The molecule has 3 atom stereocenters. The van der Waals surface area contributed by atoms with Gasteiger partial charge in [0, 0.05) is 6.42 Å². The molecule has 0 saturated carbocycles. The Morgan fingerprint density at radius 1 is 0.510 bits per heavy atom. The smallest absolute Gasteiger partial charge is 0.220 e. The summed E-state index contributed by atoms with van der Waals surface area (Å²) in [6, 6.07) is -0.829. The number of amides is 1. The van der Waals surface area contributed by atoms with Crippen molar-refractivity contribution in [1.29, 1.82) is 0 Å². The van der Waals surface area contributed by atoms with Crippen LogP contribution in [0.25, 0.3) is 0 Å². The molecule has 1 amide bonds. The first kappa shape index (κ1) is 47.6. The van der Waals surface area contributed by atoms with E-state index in [1.54, 1.807) is 0 Å². The van der Waals surface area contributed by atoms with E-state index in [9.17, 15) is 20.1 Å². The average molecular weight is 690 g/mol. The minimum Gasteiger partial charge on any atom is -0.394 e. The number of nitrogens with one attached hydrogen (secondary N) is 1. The predicted octanol–water partition coefficient (Wildman–Crippen LogP) is 12.0. The summed E-state index contributed by atoms with van der Waals surface area (Å²) in [7, 11) is 0. The van der Waals surface area contributed by atoms with Crippen LogP contribution in [0, 0.1) is 0 Å². The molecule has 0 aromatic heterocycles. The first-order valence-electron chi connectivity index (χ1n) is 21.3. The van der Waals surface area contributed by atoms with Gasteiger partial charge in [0.2, 0.25) is 5.91 Å². The fourth-order valence-electron chi connectivity index (χ4n) is 6.37. The molecule has 0 radical (unpaired) electrons. The summed E-state index contributed by atoms with van der Waals surface area (Å²) in [4.78, 5) is 12.4. The summed E-state index contributed by atoms with van der Waals surface area (Å²) in [5, 5.41) is 33.4. The van der Waals surface area contributed by atoms with Crippen molar-refractivity contribution in [3.05, 3.63) is 36.5 Å². The molecule has 288 valence electrons. The molecule has 0 fully saturated rings. The molecule has 0 aromatic carbocycles. The molecular formula is C44H83NO4. The van der Waals surface area contributed by atoms with Crippen molar-refractivity contribution >= 4 is 5.91 Å². The Morgan fingerprint density at radius 3 is 1.31 bits per heavy atom. The van der Waals surface area contributed by atoms with Gasteiger partial charge in [-0.15, -0.1) is 0 Å². The third kappa shape index (κ3) is 34.8. The molecular weight excluding hydrogens is 606 g/mol. The van der Waals surface area contributed by atoms with E-state index in [-0.39, 0.29) is 12.5 Å². The van der Waals surface area contributed by atoms with Crippen molar-refractivity contribution in [2.45, 2.75) is 231 Å². The van der Waals surface area contributed by atoms with Crippen molar-refractivity contribution in [2.24, 2.45) is 0 Å². The van der Waals surface area contributed by atoms with Crippen LogP contribution in [0.2, 0.25) is 0 Å². The number of carbonyl (C=O) groups is 1. The van der Waals surface area contributed by atoms with Gasteiger partial charge in [0.1, 0.15) is 6.10 Å². The van der Waals surface area contributed by atoms with E-state index >= 15 is 0 Å². The molecule has 0 saturated heterocycles. The van der Waals surface area contributed by atoms with Crippen molar-refractivity contribution in [2.75, 3.05) is 6.61 Å². The molecule has 0 spiro atoms. The topological polar surface area (TPSA) is 89.8 Å². The van der Waals surface area contributed by atoms with Crippen LogP contribution >= 0.6 is 0 Å². The molecule has 4 N–H and O–H groups in total. The van der Waals surface area contributed by atoms with E-state index in [2.05, 4.69) is 55.6 Å². The molecule has 0 bridgehead atoms. The van der Waals surface area contributed by atoms with E-state index in [1.807, 2.05) is 0 Å². The summed E-state index contributed by atoms with van der Waals surface area (Å²) in [5.74, 6) is -0.163. The van der Waals surface area contributed by atoms with Crippen molar-refractivity contribution in [3.63, 3.8) is 0 Å². The van der Waals surface area contributed by atoms with Crippen LogP contribution in [-0.2, 0) is 4.79 Å². The van der Waals surface area contributed by atoms with E-state index in [4.69, 9.17) is 0 Å². The normalized spacial score (nSPS) is 14.0. The summed E-state index contributed by atoms with van der Waals surface area (Å²) in [6.07, 6.45) is 48.2. The molecule has 0 heterocycles. The zero-order valence-corrected chi connectivity index (χ0v) is 32.6. The van der Waals surface area contributed by atoms with Crippen LogP contribution in [-0.4, -0.2) is 46.1 Å². The van der Waals surface area contributed by atoms with Crippen molar-refractivity contribution in [3.8, 4) is 0 Å². The number of aliphatic hydroxyl groups excluding tert-OH is 3. The van der Waals surface area contributed by atoms with Gasteiger partial charge in [0.15, 0.2) is 0 Å². The van der Waals surface area contributed by atoms with Gasteiger partial charge in [-0.1, -0.05) is 172 Å². The number of allylic oxidation sites excluding steroid dienone is 6. The van der Waals surface area contributed by atoms with Crippen LogP contribution < -0.4 is 5.32 Å². The minimum atomic E-state index is -1.16. The van der Waals surface area contributed by atoms with Gasteiger partial charge < -0.3 is 20.6 Å². The maximum atomic E-state index is 12.4. The van der Waals surface area contributed by atoms with E-state index in [0.29, 0.717) is 12.8 Å². The third-order valence-electron chi connectivity index (χ3n) is 9.72. The quantitative estimate of drug-likeness (QED) is 0.0384. The van der Waals surface area contributed by atoms with Gasteiger partial charge >= 0.3 is 0 Å². The molecule has 0 aliphatic rings. The second-order valence-corrected chi connectivity index (χ2v) is 14.5. The Morgan fingerprint density at radius 2 is 0.878 bits per heavy atom. The first-order valence-corrected chi connectivity index (χ1v) is 21.3. The SMILES string of the molecule is CCCCCCCCC/C=C/CCCC(O)C(O)C(CO)NC(=O)CCCCCCCCC/C=C\C/C=C\CCCCCCCCCCC. The second-order valence-electron chi connectivity index (χ2n) is 14.5. The number of unbranched alkanes of at least 4 members (excludes halogenated alkanes) is 24. The van der Waals surface area contributed by atoms with Crippen LogP contribution in [0.5, 0.6) is 0 Å². The van der Waals surface area contributed by atoms with Gasteiger partial charge in [-0.05, 0) is 70.6 Å². The Labute approximate surface area is 304 Å². The van der Waals surface area contributed by atoms with Crippen LogP contribution in [0.4, 0.5) is 0 Å². The lowest BCUT2D eigenvalue weighted by atomic mass is 10.0. The van der Waals surface area contributed by atoms with Crippen LogP contribution in [0.3, 0.4) is 0 Å². The van der Waals surface area contributed by atoms with Crippen molar-refractivity contribution < 1.29 is 20.1 Å². The molecule has 0 aliphatic carbocycles. The number of rotatable bonds is 38. The van der Waals surface area contributed by atoms with Crippen LogP contribution in [0.1, 0.15) is 213 Å². The van der Waals surface area contributed by atoms with Gasteiger partial charge in [-0.2, -0.15) is 0 Å². The fraction of sp³-hybridized carbons (Fsp3) is 0.841. The number of hydrogen-bond acceptors (Lipinski definition) is 4. The predicted molar refractivity (Wildman–Crippen MR) is 213 cm³/mol. The maximum Gasteiger partial charge on any atom is 0.220 e. The largest absolute Gasteiger partial charge is 0.394 e. The first-order chi connectivity index (χ1) is 24.1. The Hall–Kier alpha value is -1.43. The highest BCUT2D eigenvalue weighted by Gasteiger charge is 2.26. The monoisotopic (exact) mass is 690 g/mol. The molecule has 0 rings (SSSR count). The fourth-order valence-corrected chi connectivity index (χ4v) is 6.37. The summed E-state index contributed by atoms with van der Waals surface area (Å²) in [5.41, 5.74) is 0. The standard InChI is InChI=1S/C44H83NO4/c1-3-5-7-9-11-13-15-17-18-19-20-21-22-23-24-25-26-27-29-31-33-35-37-39-43(48)45-41(40-46)44(49)42(47)38-36-34-32-30-28-16-14-12-10-8-6-4-2/h20-21,23-24,30,32,41-42,44,46-47,49H,3-19,22,25-29,31,33-40H2,1-2H3,(H,45,48)/b21-20-,24-23-,32-30+. The summed E-state index contributed by atoms with van der Waals surface area (Å²) < 4.78 is 0. The lowest BCUT2D eigenvalue weighted by molar-refractivity contribution is -0.124. The zero-order valence-electron chi connectivity index (χ0n) is 32.6. The second kappa shape index (κ2) is 39.4. The molecule has 49 heavy (non-hydrogen) atoms. The lowest BCUT2D eigenvalue weighted by Crippen LogP contribution is -2.50. The van der Waals surface area contributed by atoms with Crippen LogP contribution in [0.15, 0.2) is 36.5 Å². The third-order valence-corrected chi connectivity index (χ3v) is 9.72. The minimum absolute atomic E-state index is 0.163. The van der Waals surface area contributed by atoms with E-state index in [1.165, 1.54) is 135 Å². The molecule has 5 nitrogen and oxygen atoms in total. The molecule has 0 aromatic rings. The Kier molecular flexibility index (Phi) is 38.2. The molecule has 5 heteroatoms. The molecule has 3 unspecified atom stereocenters. The van der Waals surface area contributed by atoms with Gasteiger partial charge in [0.05, 0.1) is 18.8 Å². The summed E-state index contributed by atoms with van der Waals surface area (Å²) >= 11 is 0. The Balaban J connectivity index is 3.67. The molecule has 0 aliphatic heterocycles.